The molecule has 0 bridgehead atoms. The van der Waals surface area contributed by atoms with Crippen LogP contribution in [0, 0.1) is 6.92 Å². The maximum Gasteiger partial charge on any atom is 0.255 e. The first kappa shape index (κ1) is 17.3. The summed E-state index contributed by atoms with van der Waals surface area (Å²) < 4.78 is 5.58. The number of aryl methyl sites for hydroxylation is 1. The highest BCUT2D eigenvalue weighted by Crippen LogP contribution is 2.15. The molecular weight excluding hydrogens is 320 g/mol. The number of hydrogen-bond donors (Lipinski definition) is 2. The van der Waals surface area contributed by atoms with Gasteiger partial charge in [-0.3, -0.25) is 14.6 Å². The predicted octanol–water partition coefficient (Wildman–Crippen LogP) is 1.37. The van der Waals surface area contributed by atoms with E-state index in [1.807, 2.05) is 13.0 Å². The molecule has 0 aliphatic carbocycles. The lowest BCUT2D eigenvalue weighted by Crippen LogP contribution is -2.42. The fraction of sp³-hybridized carbons (Fsp3) is 0.444. The first-order chi connectivity index (χ1) is 12.0. The Kier molecular flexibility index (Phi) is 5.23. The van der Waals surface area contributed by atoms with Crippen LogP contribution in [0.1, 0.15) is 31.0 Å². The van der Waals surface area contributed by atoms with Gasteiger partial charge in [0.25, 0.3) is 5.56 Å². The number of pyridine rings is 1. The number of aromatic amines is 1. The van der Waals surface area contributed by atoms with Crippen molar-refractivity contribution < 1.29 is 9.53 Å². The van der Waals surface area contributed by atoms with Crippen molar-refractivity contribution in [1.29, 1.82) is 0 Å². The second-order valence-electron chi connectivity index (χ2n) is 6.28. The normalized spacial score (nSPS) is 18.1. The lowest BCUT2D eigenvalue weighted by atomic mass is 10.1. The molecule has 3 heterocycles. The Hall–Kier alpha value is -2.54. The molecule has 1 aliphatic rings. The third kappa shape index (κ3) is 4.11. The number of hydrogen-bond acceptors (Lipinski definition) is 5. The Labute approximate surface area is 145 Å². The van der Waals surface area contributed by atoms with Gasteiger partial charge in [0.2, 0.25) is 5.91 Å². The van der Waals surface area contributed by atoms with Gasteiger partial charge in [0.05, 0.1) is 18.6 Å². The molecule has 2 aromatic heterocycles. The Morgan fingerprint density at radius 3 is 2.96 bits per heavy atom. The van der Waals surface area contributed by atoms with Crippen molar-refractivity contribution in [3.63, 3.8) is 0 Å². The molecule has 1 saturated heterocycles. The first-order valence-electron chi connectivity index (χ1n) is 8.47. The van der Waals surface area contributed by atoms with Crippen LogP contribution in [0.25, 0.3) is 11.5 Å². The van der Waals surface area contributed by atoms with Crippen LogP contribution in [-0.4, -0.2) is 39.6 Å². The molecular formula is C18H22N4O3. The molecule has 0 unspecified atom stereocenters. The molecule has 1 fully saturated rings. The molecule has 7 nitrogen and oxygen atoms in total. The smallest absolute Gasteiger partial charge is 0.255 e. The standard InChI is InChI=1S/C18H22N4O3/c1-11-13(10-16(23)20-12(2)15-7-5-9-25-15)18(24)22-17(21-11)14-6-3-4-8-19-14/h3-4,6,8,12,15H,5,7,9-10H2,1-2H3,(H,20,23)(H,21,22,24)/t12-,15-/m1/s1. The van der Waals surface area contributed by atoms with Gasteiger partial charge in [-0.15, -0.1) is 0 Å². The average molecular weight is 342 g/mol. The van der Waals surface area contributed by atoms with Crippen molar-refractivity contribution in [3.8, 4) is 11.5 Å². The van der Waals surface area contributed by atoms with Crippen molar-refractivity contribution in [1.82, 2.24) is 20.3 Å². The number of aromatic nitrogens is 3. The largest absolute Gasteiger partial charge is 0.376 e. The average Bonchev–Trinajstić information content (AvgIpc) is 3.13. The van der Waals surface area contributed by atoms with Crippen LogP contribution in [0.15, 0.2) is 29.2 Å². The zero-order valence-electron chi connectivity index (χ0n) is 14.4. The minimum atomic E-state index is -0.312. The number of carbonyl (C=O) groups is 1. The fourth-order valence-corrected chi connectivity index (χ4v) is 3.00. The Balaban J connectivity index is 1.72. The van der Waals surface area contributed by atoms with Crippen molar-refractivity contribution in [2.45, 2.75) is 45.3 Å². The van der Waals surface area contributed by atoms with E-state index < -0.39 is 0 Å². The van der Waals surface area contributed by atoms with Gasteiger partial charge in [0.15, 0.2) is 5.82 Å². The number of H-pyrrole nitrogens is 1. The molecule has 25 heavy (non-hydrogen) atoms. The zero-order valence-corrected chi connectivity index (χ0v) is 14.4. The highest BCUT2D eigenvalue weighted by molar-refractivity contribution is 5.79. The van der Waals surface area contributed by atoms with Gasteiger partial charge in [0.1, 0.15) is 5.69 Å². The van der Waals surface area contributed by atoms with Crippen molar-refractivity contribution in [2.75, 3.05) is 6.61 Å². The van der Waals surface area contributed by atoms with E-state index in [1.54, 1.807) is 25.3 Å². The lowest BCUT2D eigenvalue weighted by Gasteiger charge is -2.20. The van der Waals surface area contributed by atoms with Crippen LogP contribution >= 0.6 is 0 Å². The van der Waals surface area contributed by atoms with E-state index >= 15 is 0 Å². The Bertz CT molecular complexity index is 798. The molecule has 1 aliphatic heterocycles. The van der Waals surface area contributed by atoms with E-state index in [4.69, 9.17) is 4.74 Å². The van der Waals surface area contributed by atoms with Gasteiger partial charge < -0.3 is 15.0 Å². The molecule has 0 saturated carbocycles. The van der Waals surface area contributed by atoms with Crippen LogP contribution < -0.4 is 10.9 Å². The molecule has 2 atom stereocenters. The van der Waals surface area contributed by atoms with Crippen LogP contribution in [0.5, 0.6) is 0 Å². The predicted molar refractivity (Wildman–Crippen MR) is 93.1 cm³/mol. The molecule has 1 amide bonds. The van der Waals surface area contributed by atoms with E-state index in [-0.39, 0.29) is 30.0 Å². The topological polar surface area (TPSA) is 97.0 Å². The summed E-state index contributed by atoms with van der Waals surface area (Å²) in [5, 5.41) is 2.91. The summed E-state index contributed by atoms with van der Waals surface area (Å²) in [5.41, 5.74) is 1.18. The second kappa shape index (κ2) is 7.57. The zero-order chi connectivity index (χ0) is 17.8. The van der Waals surface area contributed by atoms with Crippen LogP contribution in [0.3, 0.4) is 0 Å². The number of carbonyl (C=O) groups excluding carboxylic acids is 1. The first-order valence-corrected chi connectivity index (χ1v) is 8.47. The van der Waals surface area contributed by atoms with Gasteiger partial charge >= 0.3 is 0 Å². The van der Waals surface area contributed by atoms with E-state index in [2.05, 4.69) is 20.3 Å². The van der Waals surface area contributed by atoms with Gasteiger partial charge in [-0.2, -0.15) is 0 Å². The van der Waals surface area contributed by atoms with Gasteiger partial charge in [-0.1, -0.05) is 6.07 Å². The number of nitrogens with one attached hydrogen (secondary N) is 2. The third-order valence-corrected chi connectivity index (χ3v) is 4.38. The number of amides is 1. The molecule has 0 aromatic carbocycles. The summed E-state index contributed by atoms with van der Waals surface area (Å²) in [5.74, 6) is 0.198. The minimum Gasteiger partial charge on any atom is -0.376 e. The van der Waals surface area contributed by atoms with Gasteiger partial charge in [0, 0.05) is 24.1 Å². The maximum absolute atomic E-state index is 12.4. The second-order valence-corrected chi connectivity index (χ2v) is 6.28. The van der Waals surface area contributed by atoms with Crippen LogP contribution in [-0.2, 0) is 16.0 Å². The minimum absolute atomic E-state index is 0.00623. The van der Waals surface area contributed by atoms with E-state index in [9.17, 15) is 9.59 Å². The molecule has 0 spiro atoms. The summed E-state index contributed by atoms with van der Waals surface area (Å²) in [6.07, 6.45) is 3.64. The SMILES string of the molecule is Cc1nc(-c2ccccn2)[nH]c(=O)c1CC(=O)N[C@H](C)[C@H]1CCCO1. The number of ether oxygens (including phenoxy) is 1. The summed E-state index contributed by atoms with van der Waals surface area (Å²) in [6, 6.07) is 5.32. The van der Waals surface area contributed by atoms with E-state index in [0.29, 0.717) is 22.8 Å². The maximum atomic E-state index is 12.4. The summed E-state index contributed by atoms with van der Waals surface area (Å²) in [7, 11) is 0. The molecule has 7 heteroatoms. The fourth-order valence-electron chi connectivity index (χ4n) is 3.00. The molecule has 2 N–H and O–H groups in total. The summed E-state index contributed by atoms with van der Waals surface area (Å²) in [4.78, 5) is 35.9. The highest BCUT2D eigenvalue weighted by Gasteiger charge is 2.24. The highest BCUT2D eigenvalue weighted by atomic mass is 16.5. The quantitative estimate of drug-likeness (QED) is 0.855. The van der Waals surface area contributed by atoms with E-state index in [0.717, 1.165) is 19.4 Å². The molecule has 2 aromatic rings. The van der Waals surface area contributed by atoms with Crippen LogP contribution in [0.2, 0.25) is 0 Å². The number of rotatable bonds is 5. The lowest BCUT2D eigenvalue weighted by molar-refractivity contribution is -0.121. The Morgan fingerprint density at radius 2 is 2.32 bits per heavy atom. The molecule has 3 rings (SSSR count). The molecule has 132 valence electrons. The van der Waals surface area contributed by atoms with Crippen LogP contribution in [0.4, 0.5) is 0 Å². The summed E-state index contributed by atoms with van der Waals surface area (Å²) in [6.45, 7) is 4.39. The third-order valence-electron chi connectivity index (χ3n) is 4.38. The van der Waals surface area contributed by atoms with Crippen molar-refractivity contribution >= 4 is 5.91 Å². The monoisotopic (exact) mass is 342 g/mol. The summed E-state index contributed by atoms with van der Waals surface area (Å²) >= 11 is 0. The molecule has 0 radical (unpaired) electrons. The van der Waals surface area contributed by atoms with Crippen molar-refractivity contribution in [3.05, 3.63) is 46.0 Å². The van der Waals surface area contributed by atoms with Gasteiger partial charge in [-0.25, -0.2) is 4.98 Å². The number of nitrogens with zero attached hydrogens (tertiary/aromatic N) is 2. The van der Waals surface area contributed by atoms with Gasteiger partial charge in [-0.05, 0) is 38.8 Å². The Morgan fingerprint density at radius 1 is 1.48 bits per heavy atom. The van der Waals surface area contributed by atoms with E-state index in [1.165, 1.54) is 0 Å². The van der Waals surface area contributed by atoms with Crippen molar-refractivity contribution in [2.24, 2.45) is 0 Å².